The van der Waals surface area contributed by atoms with E-state index in [1.165, 1.54) is 5.56 Å². The Bertz CT molecular complexity index is 617. The van der Waals surface area contributed by atoms with Crippen LogP contribution < -0.4 is 14.2 Å². The minimum Gasteiger partial charge on any atom is -0.497 e. The number of benzene rings is 2. The summed E-state index contributed by atoms with van der Waals surface area (Å²) in [5.74, 6) is 2.41. The Hall–Kier alpha value is -1.87. The molecule has 21 heavy (non-hydrogen) atoms. The second kappa shape index (κ2) is 5.86. The van der Waals surface area contributed by atoms with Crippen molar-refractivity contribution in [1.82, 2.24) is 0 Å². The molecule has 0 radical (unpaired) electrons. The first kappa shape index (κ1) is 14.1. The van der Waals surface area contributed by atoms with Crippen LogP contribution >= 0.6 is 11.6 Å². The zero-order chi connectivity index (χ0) is 14.8. The summed E-state index contributed by atoms with van der Waals surface area (Å²) in [5.41, 5.74) is 2.08. The first-order valence-electron chi connectivity index (χ1n) is 6.83. The molecule has 2 atom stereocenters. The van der Waals surface area contributed by atoms with E-state index in [4.69, 9.17) is 25.8 Å². The third kappa shape index (κ3) is 2.66. The number of para-hydroxylation sites is 1. The second-order valence-electron chi connectivity index (χ2n) is 4.98. The van der Waals surface area contributed by atoms with Crippen LogP contribution in [0.5, 0.6) is 17.2 Å². The van der Waals surface area contributed by atoms with Gasteiger partial charge in [-0.05, 0) is 29.8 Å². The van der Waals surface area contributed by atoms with Crippen LogP contribution in [0.1, 0.15) is 16.5 Å². The first-order chi connectivity index (χ1) is 10.2. The molecule has 0 fully saturated rings. The molecule has 1 aliphatic heterocycles. The fourth-order valence-corrected chi connectivity index (χ4v) is 2.94. The molecule has 3 rings (SSSR count). The Balaban J connectivity index is 1.88. The molecule has 1 heterocycles. The molecule has 2 unspecified atom stereocenters. The summed E-state index contributed by atoms with van der Waals surface area (Å²) in [6.07, 6.45) is 0.690. The normalized spacial score (nSPS) is 17.8. The van der Waals surface area contributed by atoms with Gasteiger partial charge in [0.25, 0.3) is 0 Å². The Labute approximate surface area is 129 Å². The van der Waals surface area contributed by atoms with Gasteiger partial charge in [-0.15, -0.1) is 11.6 Å². The molecule has 0 aliphatic carbocycles. The van der Waals surface area contributed by atoms with Crippen LogP contribution in [0, 0.1) is 0 Å². The fourth-order valence-electron chi connectivity index (χ4n) is 2.63. The number of alkyl halides is 1. The van der Waals surface area contributed by atoms with Gasteiger partial charge in [0.15, 0.2) is 0 Å². The Kier molecular flexibility index (Phi) is 3.93. The molecule has 0 N–H and O–H groups in total. The Morgan fingerprint density at radius 1 is 1.14 bits per heavy atom. The average molecular weight is 305 g/mol. The minimum atomic E-state index is -0.303. The van der Waals surface area contributed by atoms with E-state index in [2.05, 4.69) is 6.07 Å². The van der Waals surface area contributed by atoms with Gasteiger partial charge in [-0.3, -0.25) is 0 Å². The van der Waals surface area contributed by atoms with Gasteiger partial charge in [0, 0.05) is 12.0 Å². The van der Waals surface area contributed by atoms with Crippen LogP contribution in [0.4, 0.5) is 0 Å². The number of methoxy groups -OCH3 is 2. The van der Waals surface area contributed by atoms with E-state index in [-0.39, 0.29) is 11.5 Å². The minimum absolute atomic E-state index is 0.106. The second-order valence-corrected chi connectivity index (χ2v) is 5.45. The highest BCUT2D eigenvalue weighted by molar-refractivity contribution is 6.21. The van der Waals surface area contributed by atoms with E-state index in [0.717, 1.165) is 29.2 Å². The van der Waals surface area contributed by atoms with Crippen molar-refractivity contribution in [1.29, 1.82) is 0 Å². The van der Waals surface area contributed by atoms with Gasteiger partial charge >= 0.3 is 0 Å². The van der Waals surface area contributed by atoms with Crippen molar-refractivity contribution in [2.75, 3.05) is 14.2 Å². The van der Waals surface area contributed by atoms with Crippen LogP contribution in [0.15, 0.2) is 42.5 Å². The quantitative estimate of drug-likeness (QED) is 0.799. The summed E-state index contributed by atoms with van der Waals surface area (Å²) in [6.45, 7) is 0. The maximum Gasteiger partial charge on any atom is 0.123 e. The molecule has 1 aliphatic rings. The summed E-state index contributed by atoms with van der Waals surface area (Å²) >= 11 is 6.65. The molecular formula is C17H17ClO3. The SMILES string of the molecule is COc1ccc(OC)c(C(Cl)C2Cc3ccccc3O2)c1. The van der Waals surface area contributed by atoms with Gasteiger partial charge in [0.1, 0.15) is 23.4 Å². The predicted molar refractivity (Wildman–Crippen MR) is 82.7 cm³/mol. The van der Waals surface area contributed by atoms with Crippen molar-refractivity contribution in [2.45, 2.75) is 17.9 Å². The fraction of sp³-hybridized carbons (Fsp3) is 0.294. The number of hydrogen-bond donors (Lipinski definition) is 0. The lowest BCUT2D eigenvalue weighted by Crippen LogP contribution is -2.20. The first-order valence-corrected chi connectivity index (χ1v) is 7.27. The third-order valence-corrected chi connectivity index (χ3v) is 4.25. The smallest absolute Gasteiger partial charge is 0.123 e. The van der Waals surface area contributed by atoms with E-state index in [1.807, 2.05) is 36.4 Å². The van der Waals surface area contributed by atoms with Crippen molar-refractivity contribution < 1.29 is 14.2 Å². The van der Waals surface area contributed by atoms with Gasteiger partial charge in [0.2, 0.25) is 0 Å². The number of halogens is 1. The van der Waals surface area contributed by atoms with E-state index in [1.54, 1.807) is 14.2 Å². The number of hydrogen-bond acceptors (Lipinski definition) is 3. The summed E-state index contributed by atoms with van der Waals surface area (Å²) < 4.78 is 16.6. The topological polar surface area (TPSA) is 27.7 Å². The molecule has 4 heteroatoms. The largest absolute Gasteiger partial charge is 0.497 e. The summed E-state index contributed by atoms with van der Waals surface area (Å²) in [7, 11) is 3.27. The van der Waals surface area contributed by atoms with Crippen LogP contribution in [-0.4, -0.2) is 20.3 Å². The summed E-state index contributed by atoms with van der Waals surface area (Å²) in [5, 5.41) is -0.303. The Morgan fingerprint density at radius 3 is 2.67 bits per heavy atom. The predicted octanol–water partition coefficient (Wildman–Crippen LogP) is 3.99. The molecule has 0 spiro atoms. The summed E-state index contributed by atoms with van der Waals surface area (Å²) in [4.78, 5) is 0. The van der Waals surface area contributed by atoms with Crippen molar-refractivity contribution in [3.05, 3.63) is 53.6 Å². The van der Waals surface area contributed by atoms with E-state index in [9.17, 15) is 0 Å². The molecule has 3 nitrogen and oxygen atoms in total. The van der Waals surface area contributed by atoms with Crippen molar-refractivity contribution in [2.24, 2.45) is 0 Å². The highest BCUT2D eigenvalue weighted by Gasteiger charge is 2.31. The average Bonchev–Trinajstić information content (AvgIpc) is 2.97. The van der Waals surface area contributed by atoms with E-state index >= 15 is 0 Å². The van der Waals surface area contributed by atoms with Gasteiger partial charge in [-0.2, -0.15) is 0 Å². The zero-order valence-corrected chi connectivity index (χ0v) is 12.8. The van der Waals surface area contributed by atoms with Crippen molar-refractivity contribution in [3.63, 3.8) is 0 Å². The monoisotopic (exact) mass is 304 g/mol. The molecule has 2 aromatic carbocycles. The van der Waals surface area contributed by atoms with Crippen LogP contribution in [0.3, 0.4) is 0 Å². The third-order valence-electron chi connectivity index (χ3n) is 3.73. The lowest BCUT2D eigenvalue weighted by atomic mass is 10.0. The highest BCUT2D eigenvalue weighted by atomic mass is 35.5. The molecular weight excluding hydrogens is 288 g/mol. The Morgan fingerprint density at radius 2 is 1.95 bits per heavy atom. The number of ether oxygens (including phenoxy) is 3. The zero-order valence-electron chi connectivity index (χ0n) is 12.0. The highest BCUT2D eigenvalue weighted by Crippen LogP contribution is 2.41. The molecule has 0 bridgehead atoms. The number of fused-ring (bicyclic) bond motifs is 1. The van der Waals surface area contributed by atoms with Gasteiger partial charge in [-0.25, -0.2) is 0 Å². The van der Waals surface area contributed by atoms with Gasteiger partial charge in [0.05, 0.1) is 19.6 Å². The summed E-state index contributed by atoms with van der Waals surface area (Å²) in [6, 6.07) is 13.7. The molecule has 2 aromatic rings. The lowest BCUT2D eigenvalue weighted by Gasteiger charge is -2.20. The lowest BCUT2D eigenvalue weighted by molar-refractivity contribution is 0.225. The van der Waals surface area contributed by atoms with Gasteiger partial charge in [-0.1, -0.05) is 18.2 Å². The molecule has 110 valence electrons. The number of rotatable bonds is 4. The van der Waals surface area contributed by atoms with E-state index < -0.39 is 0 Å². The molecule has 0 aromatic heterocycles. The van der Waals surface area contributed by atoms with Crippen LogP contribution in [0.2, 0.25) is 0 Å². The van der Waals surface area contributed by atoms with Gasteiger partial charge < -0.3 is 14.2 Å². The maximum absolute atomic E-state index is 6.65. The van der Waals surface area contributed by atoms with Crippen LogP contribution in [-0.2, 0) is 6.42 Å². The van der Waals surface area contributed by atoms with Crippen molar-refractivity contribution in [3.8, 4) is 17.2 Å². The molecule has 0 saturated carbocycles. The molecule has 0 saturated heterocycles. The maximum atomic E-state index is 6.65. The standard InChI is InChI=1S/C17H17ClO3/c1-19-12-7-8-15(20-2)13(10-12)17(18)16-9-11-5-3-4-6-14(11)21-16/h3-8,10,16-17H,9H2,1-2H3. The van der Waals surface area contributed by atoms with E-state index in [0.29, 0.717) is 0 Å². The molecule has 0 amide bonds. The van der Waals surface area contributed by atoms with Crippen LogP contribution in [0.25, 0.3) is 0 Å². The van der Waals surface area contributed by atoms with Crippen molar-refractivity contribution >= 4 is 11.6 Å².